The number of nitrogens with one attached hydrogen (secondary N) is 1. The molecule has 4 rings (SSSR count). The summed E-state index contributed by atoms with van der Waals surface area (Å²) < 4.78 is 18.3. The van der Waals surface area contributed by atoms with Crippen molar-refractivity contribution in [3.05, 3.63) is 93.7 Å². The number of nitrogens with zero attached hydrogens (tertiary/aromatic N) is 2. The fraction of sp³-hybridized carbons (Fsp3) is 0.214. The van der Waals surface area contributed by atoms with E-state index >= 15 is 0 Å². The first-order valence-corrected chi connectivity index (χ1v) is 13.7. The van der Waals surface area contributed by atoms with Crippen LogP contribution in [0.15, 0.2) is 71.7 Å². The molecule has 1 aliphatic heterocycles. The maximum atomic E-state index is 13.3. The molecule has 0 spiro atoms. The van der Waals surface area contributed by atoms with Gasteiger partial charge in [0.1, 0.15) is 11.1 Å². The van der Waals surface area contributed by atoms with Crippen molar-refractivity contribution in [2.75, 3.05) is 18.5 Å². The minimum absolute atomic E-state index is 0.0466. The van der Waals surface area contributed by atoms with Gasteiger partial charge in [0.05, 0.1) is 17.9 Å². The molecule has 3 aromatic carbocycles. The van der Waals surface area contributed by atoms with Gasteiger partial charge in [-0.3, -0.25) is 14.5 Å². The molecular formula is C28H24Cl2FN3O4S. The van der Waals surface area contributed by atoms with Crippen LogP contribution in [0.1, 0.15) is 29.3 Å². The van der Waals surface area contributed by atoms with Crippen LogP contribution in [0, 0.1) is 5.82 Å². The molecule has 39 heavy (non-hydrogen) atoms. The fourth-order valence-corrected chi connectivity index (χ4v) is 5.45. The average molecular weight is 588 g/mol. The molecule has 7 nitrogen and oxygen atoms in total. The summed E-state index contributed by atoms with van der Waals surface area (Å²) in [4.78, 5) is 44.5. The third-order valence-electron chi connectivity index (χ3n) is 5.70. The Morgan fingerprint density at radius 2 is 1.74 bits per heavy atom. The van der Waals surface area contributed by atoms with Crippen molar-refractivity contribution in [3.63, 3.8) is 0 Å². The van der Waals surface area contributed by atoms with Crippen molar-refractivity contribution in [3.8, 4) is 0 Å². The van der Waals surface area contributed by atoms with E-state index in [1.807, 2.05) is 0 Å². The highest BCUT2D eigenvalue weighted by Gasteiger charge is 2.36. The predicted octanol–water partition coefficient (Wildman–Crippen LogP) is 6.51. The van der Waals surface area contributed by atoms with E-state index in [1.54, 1.807) is 61.5 Å². The van der Waals surface area contributed by atoms with Gasteiger partial charge < -0.3 is 10.1 Å². The third kappa shape index (κ3) is 7.81. The summed E-state index contributed by atoms with van der Waals surface area (Å²) in [6.45, 7) is 2.27. The molecule has 1 atom stereocenters. The highest BCUT2D eigenvalue weighted by atomic mass is 35.5. The minimum Gasteiger partial charge on any atom is -0.462 e. The van der Waals surface area contributed by atoms with Gasteiger partial charge in [0, 0.05) is 28.7 Å². The topological polar surface area (TPSA) is 88.1 Å². The standard InChI is InChI=1S/C28H24Cl2FN3O4S/c1-2-38-27(37)18-5-9-22(10-6-18)33-28-34(12-11-17-3-7-21(31)8-4-17)25(35)16-24(39-28)26(36)32-23-14-19(29)13-20(30)15-23/h3-10,13-15,24H,2,11-12,16H2,1H3,(H,32,36)/t24-/m0/s1. The lowest BCUT2D eigenvalue weighted by molar-refractivity contribution is -0.129. The number of halogens is 3. The van der Waals surface area contributed by atoms with E-state index in [1.165, 1.54) is 17.0 Å². The van der Waals surface area contributed by atoms with Gasteiger partial charge in [0.15, 0.2) is 5.17 Å². The van der Waals surface area contributed by atoms with Crippen LogP contribution in [-0.4, -0.2) is 46.3 Å². The number of carbonyl (C=O) groups excluding carboxylic acids is 3. The lowest BCUT2D eigenvalue weighted by atomic mass is 10.1. The maximum Gasteiger partial charge on any atom is 0.338 e. The molecule has 3 aromatic rings. The Bertz CT molecular complexity index is 1380. The molecule has 0 saturated carbocycles. The van der Waals surface area contributed by atoms with Crippen molar-refractivity contribution in [1.82, 2.24) is 4.90 Å². The normalized spacial score (nSPS) is 16.3. The first-order chi connectivity index (χ1) is 18.7. The van der Waals surface area contributed by atoms with Crippen LogP contribution in [0.3, 0.4) is 0 Å². The Morgan fingerprint density at radius 1 is 1.08 bits per heavy atom. The first kappa shape index (κ1) is 28.6. The largest absolute Gasteiger partial charge is 0.462 e. The number of rotatable bonds is 8. The van der Waals surface area contributed by atoms with E-state index in [-0.39, 0.29) is 31.3 Å². The molecule has 1 heterocycles. The van der Waals surface area contributed by atoms with Gasteiger partial charge >= 0.3 is 5.97 Å². The Morgan fingerprint density at radius 3 is 2.38 bits per heavy atom. The van der Waals surface area contributed by atoms with Crippen molar-refractivity contribution in [2.45, 2.75) is 25.0 Å². The molecule has 0 unspecified atom stereocenters. The number of hydrogen-bond donors (Lipinski definition) is 1. The number of hydrogen-bond acceptors (Lipinski definition) is 6. The van der Waals surface area contributed by atoms with Crippen molar-refractivity contribution < 1.29 is 23.5 Å². The highest BCUT2D eigenvalue weighted by Crippen LogP contribution is 2.31. The maximum absolute atomic E-state index is 13.3. The lowest BCUT2D eigenvalue weighted by Gasteiger charge is -2.32. The number of amides is 2. The van der Waals surface area contributed by atoms with Gasteiger partial charge in [-0.05, 0) is 73.5 Å². The average Bonchev–Trinajstić information content (AvgIpc) is 2.89. The van der Waals surface area contributed by atoms with Crippen LogP contribution in [-0.2, 0) is 20.7 Å². The lowest BCUT2D eigenvalue weighted by Crippen LogP contribution is -2.46. The molecule has 0 aliphatic carbocycles. The minimum atomic E-state index is -0.755. The summed E-state index contributed by atoms with van der Waals surface area (Å²) >= 11 is 13.2. The number of benzene rings is 3. The summed E-state index contributed by atoms with van der Waals surface area (Å²) in [5.41, 5.74) is 2.13. The number of thioether (sulfide) groups is 1. The third-order valence-corrected chi connectivity index (χ3v) is 7.33. The summed E-state index contributed by atoms with van der Waals surface area (Å²) in [6.07, 6.45) is 0.417. The second kappa shape index (κ2) is 13.1. The molecule has 1 N–H and O–H groups in total. The van der Waals surface area contributed by atoms with Crippen LogP contribution in [0.25, 0.3) is 0 Å². The molecule has 0 bridgehead atoms. The monoisotopic (exact) mass is 587 g/mol. The molecule has 1 aliphatic rings. The molecule has 1 saturated heterocycles. The zero-order valence-corrected chi connectivity index (χ0v) is 23.2. The number of anilines is 1. The Labute approximate surface area is 239 Å². The van der Waals surface area contributed by atoms with Gasteiger partial charge in [-0.1, -0.05) is 47.1 Å². The smallest absolute Gasteiger partial charge is 0.338 e. The summed E-state index contributed by atoms with van der Waals surface area (Å²) in [7, 11) is 0. The van der Waals surface area contributed by atoms with E-state index < -0.39 is 17.1 Å². The number of carbonyl (C=O) groups is 3. The van der Waals surface area contributed by atoms with Gasteiger partial charge in [0.25, 0.3) is 0 Å². The SMILES string of the molecule is CCOC(=O)c1ccc(N=C2S[C@H](C(=O)Nc3cc(Cl)cc(Cl)c3)CC(=O)N2CCc2ccc(F)cc2)cc1. The molecule has 0 radical (unpaired) electrons. The van der Waals surface area contributed by atoms with Crippen LogP contribution in [0.4, 0.5) is 15.8 Å². The fourth-order valence-electron chi connectivity index (χ4n) is 3.80. The van der Waals surface area contributed by atoms with Crippen LogP contribution in [0.5, 0.6) is 0 Å². The van der Waals surface area contributed by atoms with Crippen molar-refractivity contribution in [1.29, 1.82) is 0 Å². The Balaban J connectivity index is 1.57. The Kier molecular flexibility index (Phi) is 9.61. The van der Waals surface area contributed by atoms with Gasteiger partial charge in [-0.2, -0.15) is 0 Å². The zero-order chi connectivity index (χ0) is 27.9. The highest BCUT2D eigenvalue weighted by molar-refractivity contribution is 8.15. The van der Waals surface area contributed by atoms with E-state index in [0.29, 0.717) is 38.6 Å². The molecule has 202 valence electrons. The van der Waals surface area contributed by atoms with Gasteiger partial charge in [-0.15, -0.1) is 0 Å². The predicted molar refractivity (Wildman–Crippen MR) is 152 cm³/mol. The molecule has 0 aromatic heterocycles. The van der Waals surface area contributed by atoms with Crippen LogP contribution in [0.2, 0.25) is 10.0 Å². The molecule has 11 heteroatoms. The zero-order valence-electron chi connectivity index (χ0n) is 20.8. The Hall–Kier alpha value is -3.40. The van der Waals surface area contributed by atoms with Crippen LogP contribution >= 0.6 is 35.0 Å². The quantitative estimate of drug-likeness (QED) is 0.303. The van der Waals surface area contributed by atoms with E-state index in [0.717, 1.165) is 17.3 Å². The number of esters is 1. The number of aliphatic imine (C=N–C) groups is 1. The second-order valence-corrected chi connectivity index (χ2v) is 10.6. The van der Waals surface area contributed by atoms with E-state index in [4.69, 9.17) is 27.9 Å². The van der Waals surface area contributed by atoms with E-state index in [9.17, 15) is 18.8 Å². The van der Waals surface area contributed by atoms with Crippen LogP contribution < -0.4 is 5.32 Å². The van der Waals surface area contributed by atoms with Crippen molar-refractivity contribution >= 4 is 69.3 Å². The van der Waals surface area contributed by atoms with Crippen molar-refractivity contribution in [2.24, 2.45) is 4.99 Å². The summed E-state index contributed by atoms with van der Waals surface area (Å²) in [5.74, 6) is -1.46. The molecule has 1 fully saturated rings. The second-order valence-electron chi connectivity index (χ2n) is 8.54. The molecular weight excluding hydrogens is 564 g/mol. The van der Waals surface area contributed by atoms with E-state index in [2.05, 4.69) is 10.3 Å². The number of ether oxygens (including phenoxy) is 1. The molecule has 2 amide bonds. The number of amidine groups is 1. The summed E-state index contributed by atoms with van der Waals surface area (Å²) in [5, 5.41) is 3.08. The first-order valence-electron chi connectivity index (χ1n) is 12.1. The summed E-state index contributed by atoms with van der Waals surface area (Å²) in [6, 6.07) is 17.2. The van der Waals surface area contributed by atoms with Gasteiger partial charge in [0.2, 0.25) is 11.8 Å². The van der Waals surface area contributed by atoms with Gasteiger partial charge in [-0.25, -0.2) is 14.2 Å².